The Kier molecular flexibility index (Phi) is 7.39. The summed E-state index contributed by atoms with van der Waals surface area (Å²) in [6.07, 6.45) is 1.48. The number of hydrogen-bond acceptors (Lipinski definition) is 4. The van der Waals surface area contributed by atoms with Crippen LogP contribution in [0.4, 0.5) is 11.4 Å². The summed E-state index contributed by atoms with van der Waals surface area (Å²) in [5, 5.41) is 15.0. The molecule has 0 saturated heterocycles. The molecule has 3 aromatic rings. The normalized spacial score (nSPS) is 10.7. The molecule has 0 aliphatic rings. The standard InChI is InChI=1S/C26H23N3O3/c1-18-10-12-22(13-11-18)28-25(30)17-32-23-8-5-7-20(15-23)14-21(16-27)26(31)29-24-9-4-3-6-19(24)2/h3-15H,17H2,1-2H3,(H,28,30)(H,29,31)/b21-14-. The van der Waals surface area contributed by atoms with Gasteiger partial charge >= 0.3 is 0 Å². The Hall–Kier alpha value is -4.37. The zero-order chi connectivity index (χ0) is 22.9. The molecule has 0 aromatic heterocycles. The lowest BCUT2D eigenvalue weighted by Crippen LogP contribution is -2.20. The molecule has 0 atom stereocenters. The van der Waals surface area contributed by atoms with E-state index < -0.39 is 5.91 Å². The van der Waals surface area contributed by atoms with E-state index in [2.05, 4.69) is 10.6 Å². The molecule has 0 saturated carbocycles. The van der Waals surface area contributed by atoms with Gasteiger partial charge in [-0.2, -0.15) is 5.26 Å². The number of carbonyl (C=O) groups is 2. The predicted octanol–water partition coefficient (Wildman–Crippen LogP) is 4.87. The molecule has 0 radical (unpaired) electrons. The van der Waals surface area contributed by atoms with Gasteiger partial charge in [-0.05, 0) is 61.4 Å². The molecule has 0 heterocycles. The SMILES string of the molecule is Cc1ccc(NC(=O)COc2cccc(/C=C(/C#N)C(=O)Nc3ccccc3C)c2)cc1. The zero-order valence-electron chi connectivity index (χ0n) is 17.9. The van der Waals surface area contributed by atoms with Crippen molar-refractivity contribution in [3.63, 3.8) is 0 Å². The van der Waals surface area contributed by atoms with Gasteiger partial charge < -0.3 is 15.4 Å². The minimum Gasteiger partial charge on any atom is -0.484 e. The van der Waals surface area contributed by atoms with Crippen LogP contribution in [0.1, 0.15) is 16.7 Å². The Bertz CT molecular complexity index is 1190. The topological polar surface area (TPSA) is 91.2 Å². The first-order valence-electron chi connectivity index (χ1n) is 10.0. The van der Waals surface area contributed by atoms with E-state index in [1.165, 1.54) is 6.08 Å². The number of rotatable bonds is 7. The quantitative estimate of drug-likeness (QED) is 0.417. The van der Waals surface area contributed by atoms with Gasteiger partial charge in [-0.1, -0.05) is 48.0 Å². The van der Waals surface area contributed by atoms with Crippen LogP contribution in [0, 0.1) is 25.2 Å². The van der Waals surface area contributed by atoms with Gasteiger partial charge in [-0.25, -0.2) is 0 Å². The fourth-order valence-corrected chi connectivity index (χ4v) is 2.90. The molecule has 0 unspecified atom stereocenters. The number of carbonyl (C=O) groups excluding carboxylic acids is 2. The Morgan fingerprint density at radius 1 is 0.969 bits per heavy atom. The van der Waals surface area contributed by atoms with E-state index in [-0.39, 0.29) is 18.1 Å². The van der Waals surface area contributed by atoms with Crippen molar-refractivity contribution in [2.24, 2.45) is 0 Å². The van der Waals surface area contributed by atoms with Gasteiger partial charge in [-0.15, -0.1) is 0 Å². The van der Waals surface area contributed by atoms with Crippen LogP contribution in [0.2, 0.25) is 0 Å². The summed E-state index contributed by atoms with van der Waals surface area (Å²) >= 11 is 0. The maximum Gasteiger partial charge on any atom is 0.266 e. The van der Waals surface area contributed by atoms with Gasteiger partial charge in [0.2, 0.25) is 0 Å². The fraction of sp³-hybridized carbons (Fsp3) is 0.115. The number of anilines is 2. The average Bonchev–Trinajstić information content (AvgIpc) is 2.79. The van der Waals surface area contributed by atoms with Crippen LogP contribution in [0.5, 0.6) is 5.75 Å². The monoisotopic (exact) mass is 425 g/mol. The molecule has 160 valence electrons. The second-order valence-electron chi connectivity index (χ2n) is 7.21. The molecule has 3 aromatic carbocycles. The molecule has 2 N–H and O–H groups in total. The molecule has 0 fully saturated rings. The molecule has 0 bridgehead atoms. The molecular weight excluding hydrogens is 402 g/mol. The molecule has 0 aliphatic heterocycles. The highest BCUT2D eigenvalue weighted by molar-refractivity contribution is 6.10. The molecule has 0 spiro atoms. The number of aryl methyl sites for hydroxylation is 2. The number of ether oxygens (including phenoxy) is 1. The van der Waals surface area contributed by atoms with Crippen molar-refractivity contribution in [3.8, 4) is 11.8 Å². The van der Waals surface area contributed by atoms with Crippen LogP contribution in [0.3, 0.4) is 0 Å². The van der Waals surface area contributed by atoms with Gasteiger partial charge in [-0.3, -0.25) is 9.59 Å². The molecule has 3 rings (SSSR count). The van der Waals surface area contributed by atoms with Crippen LogP contribution >= 0.6 is 0 Å². The summed E-state index contributed by atoms with van der Waals surface area (Å²) in [5.41, 5.74) is 3.92. The van der Waals surface area contributed by atoms with Crippen LogP contribution in [-0.2, 0) is 9.59 Å². The van der Waals surface area contributed by atoms with Gasteiger partial charge in [0.25, 0.3) is 11.8 Å². The predicted molar refractivity (Wildman–Crippen MR) is 125 cm³/mol. The lowest BCUT2D eigenvalue weighted by atomic mass is 10.1. The maximum absolute atomic E-state index is 12.5. The van der Waals surface area contributed by atoms with Crippen LogP contribution in [0.25, 0.3) is 6.08 Å². The van der Waals surface area contributed by atoms with Gasteiger partial charge in [0, 0.05) is 11.4 Å². The van der Waals surface area contributed by atoms with E-state index in [9.17, 15) is 14.9 Å². The number of nitrogens with one attached hydrogen (secondary N) is 2. The Balaban J connectivity index is 1.63. The summed E-state index contributed by atoms with van der Waals surface area (Å²) in [6.45, 7) is 3.68. The van der Waals surface area contributed by atoms with E-state index in [0.29, 0.717) is 22.7 Å². The molecular formula is C26H23N3O3. The maximum atomic E-state index is 12.5. The van der Waals surface area contributed by atoms with Crippen molar-refractivity contribution in [1.82, 2.24) is 0 Å². The van der Waals surface area contributed by atoms with E-state index in [1.54, 1.807) is 30.3 Å². The van der Waals surface area contributed by atoms with Gasteiger partial charge in [0.1, 0.15) is 17.4 Å². The fourth-order valence-electron chi connectivity index (χ4n) is 2.90. The summed E-state index contributed by atoms with van der Waals surface area (Å²) in [4.78, 5) is 24.6. The van der Waals surface area contributed by atoms with Crippen molar-refractivity contribution >= 4 is 29.3 Å². The van der Waals surface area contributed by atoms with Gasteiger partial charge in [0.15, 0.2) is 6.61 Å². The smallest absolute Gasteiger partial charge is 0.266 e. The Morgan fingerprint density at radius 3 is 2.44 bits per heavy atom. The molecule has 6 heteroatoms. The second kappa shape index (κ2) is 10.6. The van der Waals surface area contributed by atoms with Crippen molar-refractivity contribution in [3.05, 3.63) is 95.1 Å². The lowest BCUT2D eigenvalue weighted by Gasteiger charge is -2.09. The third-order valence-corrected chi connectivity index (χ3v) is 4.63. The first kappa shape index (κ1) is 22.3. The molecule has 32 heavy (non-hydrogen) atoms. The molecule has 2 amide bonds. The van der Waals surface area contributed by atoms with Gasteiger partial charge in [0.05, 0.1) is 0 Å². The lowest BCUT2D eigenvalue weighted by molar-refractivity contribution is -0.118. The summed E-state index contributed by atoms with van der Waals surface area (Å²) in [7, 11) is 0. The minimum atomic E-state index is -0.495. The largest absolute Gasteiger partial charge is 0.484 e. The minimum absolute atomic E-state index is 0.0393. The van der Waals surface area contributed by atoms with Crippen molar-refractivity contribution in [2.45, 2.75) is 13.8 Å². The van der Waals surface area contributed by atoms with E-state index >= 15 is 0 Å². The number of amides is 2. The first-order valence-corrected chi connectivity index (χ1v) is 10.0. The van der Waals surface area contributed by atoms with E-state index in [0.717, 1.165) is 11.1 Å². The number of nitrogens with zero attached hydrogens (tertiary/aromatic N) is 1. The molecule has 6 nitrogen and oxygen atoms in total. The van der Waals surface area contributed by atoms with Crippen molar-refractivity contribution < 1.29 is 14.3 Å². The third-order valence-electron chi connectivity index (χ3n) is 4.63. The highest BCUT2D eigenvalue weighted by atomic mass is 16.5. The Labute approximate surface area is 187 Å². The van der Waals surface area contributed by atoms with Crippen LogP contribution in [-0.4, -0.2) is 18.4 Å². The number of para-hydroxylation sites is 1. The number of nitriles is 1. The first-order chi connectivity index (χ1) is 15.4. The summed E-state index contributed by atoms with van der Waals surface area (Å²) < 4.78 is 5.57. The number of hydrogen-bond donors (Lipinski definition) is 2. The Morgan fingerprint density at radius 2 is 1.72 bits per heavy atom. The second-order valence-corrected chi connectivity index (χ2v) is 7.21. The summed E-state index contributed by atoms with van der Waals surface area (Å²) in [5.74, 6) is -0.329. The van der Waals surface area contributed by atoms with E-state index in [4.69, 9.17) is 4.74 Å². The highest BCUT2D eigenvalue weighted by Crippen LogP contribution is 2.18. The summed E-state index contributed by atoms with van der Waals surface area (Å²) in [6, 6.07) is 23.6. The van der Waals surface area contributed by atoms with Crippen molar-refractivity contribution in [1.29, 1.82) is 5.26 Å². The van der Waals surface area contributed by atoms with Crippen LogP contribution in [0.15, 0.2) is 78.4 Å². The molecule has 0 aliphatic carbocycles. The average molecular weight is 425 g/mol. The van der Waals surface area contributed by atoms with Crippen molar-refractivity contribution in [2.75, 3.05) is 17.2 Å². The zero-order valence-corrected chi connectivity index (χ0v) is 17.9. The van der Waals surface area contributed by atoms with E-state index in [1.807, 2.05) is 62.4 Å². The third kappa shape index (κ3) is 6.31. The highest BCUT2D eigenvalue weighted by Gasteiger charge is 2.11. The van der Waals surface area contributed by atoms with Crippen LogP contribution < -0.4 is 15.4 Å². The number of benzene rings is 3.